The van der Waals surface area contributed by atoms with Crippen molar-refractivity contribution in [3.05, 3.63) is 29.3 Å². The second kappa shape index (κ2) is 4.76. The molecule has 3 nitrogen and oxygen atoms in total. The Morgan fingerprint density at radius 1 is 1.26 bits per heavy atom. The molecule has 1 aromatic rings. The van der Waals surface area contributed by atoms with Gasteiger partial charge in [-0.2, -0.15) is 0 Å². The van der Waals surface area contributed by atoms with Crippen molar-refractivity contribution < 1.29 is 8.42 Å². The van der Waals surface area contributed by atoms with Crippen molar-refractivity contribution in [1.29, 1.82) is 0 Å². The van der Waals surface area contributed by atoms with Crippen molar-refractivity contribution in [2.24, 2.45) is 5.41 Å². The molecule has 0 amide bonds. The third-order valence-electron chi connectivity index (χ3n) is 4.23. The molecule has 1 saturated carbocycles. The standard InChI is InChI=1S/C14H20ClNO2S/c1-9-5-6-11(7-10(9)2)19(17,18)16-13-8-12(15)14(13,3)4/h5-7,12-13,16H,8H2,1-4H3. The van der Waals surface area contributed by atoms with E-state index in [0.29, 0.717) is 11.3 Å². The summed E-state index contributed by atoms with van der Waals surface area (Å²) in [6, 6.07) is 5.09. The van der Waals surface area contributed by atoms with E-state index in [4.69, 9.17) is 11.6 Å². The normalized spacial score (nSPS) is 25.9. The lowest BCUT2D eigenvalue weighted by Crippen LogP contribution is -2.59. The molecule has 0 heterocycles. The molecule has 1 fully saturated rings. The zero-order valence-electron chi connectivity index (χ0n) is 11.7. The highest BCUT2D eigenvalue weighted by atomic mass is 35.5. The van der Waals surface area contributed by atoms with E-state index in [1.807, 2.05) is 33.8 Å². The Labute approximate surface area is 120 Å². The molecular weight excluding hydrogens is 282 g/mol. The first-order valence-corrected chi connectivity index (χ1v) is 8.30. The van der Waals surface area contributed by atoms with Crippen LogP contribution in [0.2, 0.25) is 0 Å². The van der Waals surface area contributed by atoms with Gasteiger partial charge in [-0.1, -0.05) is 19.9 Å². The first-order valence-electron chi connectivity index (χ1n) is 6.38. The van der Waals surface area contributed by atoms with Gasteiger partial charge in [0, 0.05) is 11.4 Å². The van der Waals surface area contributed by atoms with Crippen LogP contribution in [-0.4, -0.2) is 19.8 Å². The summed E-state index contributed by atoms with van der Waals surface area (Å²) in [6.07, 6.45) is 0.679. The number of benzene rings is 1. The highest BCUT2D eigenvalue weighted by Crippen LogP contribution is 2.44. The molecule has 0 aliphatic heterocycles. The van der Waals surface area contributed by atoms with Gasteiger partial charge in [-0.15, -0.1) is 11.6 Å². The summed E-state index contributed by atoms with van der Waals surface area (Å²) in [4.78, 5) is 0.324. The van der Waals surface area contributed by atoms with Crippen molar-refractivity contribution in [2.75, 3.05) is 0 Å². The smallest absolute Gasteiger partial charge is 0.207 e. The molecule has 0 spiro atoms. The van der Waals surface area contributed by atoms with Crippen LogP contribution in [-0.2, 0) is 10.0 Å². The van der Waals surface area contributed by atoms with E-state index in [1.165, 1.54) is 0 Å². The Morgan fingerprint density at radius 3 is 2.37 bits per heavy atom. The molecule has 2 rings (SSSR count). The molecule has 1 aliphatic rings. The minimum atomic E-state index is -3.46. The van der Waals surface area contributed by atoms with Crippen molar-refractivity contribution >= 4 is 21.6 Å². The molecule has 2 atom stereocenters. The average molecular weight is 302 g/mol. The van der Waals surface area contributed by atoms with Gasteiger partial charge in [-0.3, -0.25) is 0 Å². The molecule has 1 N–H and O–H groups in total. The van der Waals surface area contributed by atoms with Gasteiger partial charge in [0.05, 0.1) is 4.90 Å². The van der Waals surface area contributed by atoms with Crippen LogP contribution in [0.1, 0.15) is 31.4 Å². The third-order valence-corrected chi connectivity index (χ3v) is 6.44. The van der Waals surface area contributed by atoms with Gasteiger partial charge in [0.15, 0.2) is 0 Å². The van der Waals surface area contributed by atoms with Crippen LogP contribution in [0, 0.1) is 19.3 Å². The molecule has 0 saturated heterocycles. The molecule has 2 unspecified atom stereocenters. The number of aryl methyl sites for hydroxylation is 2. The van der Waals surface area contributed by atoms with Gasteiger partial charge in [-0.25, -0.2) is 13.1 Å². The van der Waals surface area contributed by atoms with E-state index in [1.54, 1.807) is 12.1 Å². The van der Waals surface area contributed by atoms with Crippen molar-refractivity contribution in [3.63, 3.8) is 0 Å². The van der Waals surface area contributed by atoms with Crippen LogP contribution in [0.5, 0.6) is 0 Å². The molecule has 0 aromatic heterocycles. The first kappa shape index (κ1) is 14.8. The predicted molar refractivity (Wildman–Crippen MR) is 78.1 cm³/mol. The molecule has 1 aliphatic carbocycles. The van der Waals surface area contributed by atoms with Crippen LogP contribution in [0.15, 0.2) is 23.1 Å². The fourth-order valence-electron chi connectivity index (χ4n) is 2.21. The lowest BCUT2D eigenvalue weighted by atomic mass is 9.67. The van der Waals surface area contributed by atoms with Gasteiger partial charge in [0.25, 0.3) is 0 Å². The quantitative estimate of drug-likeness (QED) is 0.872. The number of hydrogen-bond acceptors (Lipinski definition) is 2. The number of halogens is 1. The summed E-state index contributed by atoms with van der Waals surface area (Å²) in [7, 11) is -3.46. The lowest BCUT2D eigenvalue weighted by molar-refractivity contribution is 0.137. The van der Waals surface area contributed by atoms with Crippen molar-refractivity contribution in [3.8, 4) is 0 Å². The number of sulfonamides is 1. The zero-order valence-corrected chi connectivity index (χ0v) is 13.3. The third kappa shape index (κ3) is 2.67. The maximum atomic E-state index is 12.3. The van der Waals surface area contributed by atoms with Crippen molar-refractivity contribution in [1.82, 2.24) is 4.72 Å². The van der Waals surface area contributed by atoms with Gasteiger partial charge >= 0.3 is 0 Å². The second-order valence-corrected chi connectivity index (χ2v) is 8.19. The summed E-state index contributed by atoms with van der Waals surface area (Å²) in [6.45, 7) is 7.85. The molecule has 5 heteroatoms. The molecular formula is C14H20ClNO2S. The topological polar surface area (TPSA) is 46.2 Å². The predicted octanol–water partition coefficient (Wildman–Crippen LogP) is 2.99. The molecule has 0 bridgehead atoms. The highest BCUT2D eigenvalue weighted by molar-refractivity contribution is 7.89. The highest BCUT2D eigenvalue weighted by Gasteiger charge is 2.48. The number of alkyl halides is 1. The van der Waals surface area contributed by atoms with E-state index in [2.05, 4.69) is 4.72 Å². The van der Waals surface area contributed by atoms with Gasteiger partial charge in [-0.05, 0) is 48.9 Å². The lowest BCUT2D eigenvalue weighted by Gasteiger charge is -2.48. The van der Waals surface area contributed by atoms with Crippen LogP contribution in [0.4, 0.5) is 0 Å². The SMILES string of the molecule is Cc1ccc(S(=O)(=O)NC2CC(Cl)C2(C)C)cc1C. The average Bonchev–Trinajstić information content (AvgIpc) is 2.32. The van der Waals surface area contributed by atoms with E-state index < -0.39 is 10.0 Å². The maximum Gasteiger partial charge on any atom is 0.240 e. The van der Waals surface area contributed by atoms with Crippen LogP contribution < -0.4 is 4.72 Å². The monoisotopic (exact) mass is 301 g/mol. The fraction of sp³-hybridized carbons (Fsp3) is 0.571. The van der Waals surface area contributed by atoms with E-state index in [9.17, 15) is 8.42 Å². The Kier molecular flexibility index (Phi) is 3.71. The van der Waals surface area contributed by atoms with E-state index >= 15 is 0 Å². The number of rotatable bonds is 3. The van der Waals surface area contributed by atoms with Crippen LogP contribution >= 0.6 is 11.6 Å². The largest absolute Gasteiger partial charge is 0.240 e. The summed E-state index contributed by atoms with van der Waals surface area (Å²) >= 11 is 6.12. The van der Waals surface area contributed by atoms with Crippen LogP contribution in [0.25, 0.3) is 0 Å². The summed E-state index contributed by atoms with van der Waals surface area (Å²) in [5.74, 6) is 0. The Balaban J connectivity index is 2.22. The van der Waals surface area contributed by atoms with Gasteiger partial charge in [0.1, 0.15) is 0 Å². The molecule has 106 valence electrons. The first-order chi connectivity index (χ1) is 8.64. The summed E-state index contributed by atoms with van der Waals surface area (Å²) in [5.41, 5.74) is 1.86. The van der Waals surface area contributed by atoms with Crippen molar-refractivity contribution in [2.45, 2.75) is 50.4 Å². The minimum absolute atomic E-state index is 0.0277. The minimum Gasteiger partial charge on any atom is -0.207 e. The number of hydrogen-bond donors (Lipinski definition) is 1. The Bertz CT molecular complexity index is 595. The summed E-state index contributed by atoms with van der Waals surface area (Å²) in [5, 5.41) is 0.0277. The molecule has 1 aromatic carbocycles. The van der Waals surface area contributed by atoms with E-state index in [-0.39, 0.29) is 16.8 Å². The van der Waals surface area contributed by atoms with Gasteiger partial charge < -0.3 is 0 Å². The summed E-state index contributed by atoms with van der Waals surface area (Å²) < 4.78 is 27.4. The number of nitrogens with one attached hydrogen (secondary N) is 1. The van der Waals surface area contributed by atoms with Crippen LogP contribution in [0.3, 0.4) is 0 Å². The Morgan fingerprint density at radius 2 is 1.89 bits per heavy atom. The second-order valence-electron chi connectivity index (χ2n) is 5.94. The molecule has 19 heavy (non-hydrogen) atoms. The zero-order chi connectivity index (χ0) is 14.4. The van der Waals surface area contributed by atoms with E-state index in [0.717, 1.165) is 11.1 Å². The molecule has 0 radical (unpaired) electrons. The maximum absolute atomic E-state index is 12.3. The fourth-order valence-corrected chi connectivity index (χ4v) is 4.03. The van der Waals surface area contributed by atoms with Gasteiger partial charge in [0.2, 0.25) is 10.0 Å². The Hall–Kier alpha value is -0.580.